The van der Waals surface area contributed by atoms with Crippen LogP contribution in [-0.2, 0) is 21.8 Å². The van der Waals surface area contributed by atoms with E-state index in [0.717, 1.165) is 53.0 Å². The first-order valence-electron chi connectivity index (χ1n) is 12.9. The van der Waals surface area contributed by atoms with E-state index in [9.17, 15) is 9.90 Å². The third-order valence-corrected chi connectivity index (χ3v) is 8.64. The van der Waals surface area contributed by atoms with Crippen LogP contribution < -0.4 is 9.47 Å². The van der Waals surface area contributed by atoms with Crippen molar-refractivity contribution in [1.82, 2.24) is 9.47 Å². The summed E-state index contributed by atoms with van der Waals surface area (Å²) in [7, 11) is 3.24. The van der Waals surface area contributed by atoms with Crippen LogP contribution in [0.25, 0.3) is 10.9 Å². The van der Waals surface area contributed by atoms with Crippen LogP contribution in [0.5, 0.6) is 17.2 Å². The van der Waals surface area contributed by atoms with Gasteiger partial charge in [0.15, 0.2) is 11.5 Å². The molecule has 0 unspecified atom stereocenters. The average Bonchev–Trinajstić information content (AvgIpc) is 3.72. The number of hydrogen-bond donors (Lipinski definition) is 1. The zero-order valence-corrected chi connectivity index (χ0v) is 24.3. The van der Waals surface area contributed by atoms with Gasteiger partial charge in [-0.1, -0.05) is 0 Å². The molecular weight excluding hydrogens is 572 g/mol. The number of hydrogen-bond acceptors (Lipinski definition) is 8. The molecule has 0 spiro atoms. The molecule has 0 radical (unpaired) electrons. The van der Waals surface area contributed by atoms with Crippen LogP contribution in [0, 0.1) is 0 Å². The third-order valence-electron chi connectivity index (χ3n) is 7.03. The van der Waals surface area contributed by atoms with E-state index in [2.05, 4.69) is 25.4 Å². The number of benzene rings is 2. The van der Waals surface area contributed by atoms with Crippen molar-refractivity contribution in [2.45, 2.75) is 43.0 Å². The molecule has 1 aromatic heterocycles. The van der Waals surface area contributed by atoms with Crippen molar-refractivity contribution in [3.63, 3.8) is 0 Å². The first kappa shape index (κ1) is 27.2. The SMILES string of the molecule is CCOC(=O)c1c(CSc2ccc(OC)c(OC)c2)n(C2CC2)c2cc(Br)c(O)c(CN3CCOCC3)c12. The monoisotopic (exact) mass is 604 g/mol. The standard InChI is InChI=1S/C28H33BrN2O6S/c1-4-37-28(33)26-22(16-38-18-7-8-23(34-2)24(13-18)35-3)31(17-5-6-17)21-14-20(29)27(32)19(25(21)26)15-30-9-11-36-12-10-30/h7-8,13-14,17,32H,4-6,9-12,15-16H2,1-3H3. The van der Waals surface area contributed by atoms with Crippen LogP contribution in [0.1, 0.15) is 47.4 Å². The van der Waals surface area contributed by atoms with E-state index in [4.69, 9.17) is 18.9 Å². The topological polar surface area (TPSA) is 82.4 Å². The molecule has 38 heavy (non-hydrogen) atoms. The largest absolute Gasteiger partial charge is 0.506 e. The van der Waals surface area contributed by atoms with Crippen LogP contribution >= 0.6 is 27.7 Å². The lowest BCUT2D eigenvalue weighted by Gasteiger charge is -2.27. The summed E-state index contributed by atoms with van der Waals surface area (Å²) in [6.07, 6.45) is 2.11. The van der Waals surface area contributed by atoms with Gasteiger partial charge in [0.1, 0.15) is 5.75 Å². The highest BCUT2D eigenvalue weighted by Gasteiger charge is 2.35. The molecule has 3 aromatic rings. The number of morpholine rings is 1. The molecule has 0 bridgehead atoms. The maximum atomic E-state index is 13.6. The summed E-state index contributed by atoms with van der Waals surface area (Å²) in [5.41, 5.74) is 3.16. The van der Waals surface area contributed by atoms with E-state index in [-0.39, 0.29) is 18.3 Å². The van der Waals surface area contributed by atoms with Gasteiger partial charge in [-0.2, -0.15) is 0 Å². The number of methoxy groups -OCH3 is 2. The van der Waals surface area contributed by atoms with Gasteiger partial charge in [0, 0.05) is 53.0 Å². The van der Waals surface area contributed by atoms with Gasteiger partial charge in [-0.05, 0) is 60.0 Å². The number of carbonyl (C=O) groups excluding carboxylic acids is 1. The third kappa shape index (κ3) is 5.36. The Morgan fingerprint density at radius 1 is 1.16 bits per heavy atom. The van der Waals surface area contributed by atoms with Gasteiger partial charge in [0.2, 0.25) is 0 Å². The van der Waals surface area contributed by atoms with Crippen molar-refractivity contribution in [1.29, 1.82) is 0 Å². The Balaban J connectivity index is 1.64. The van der Waals surface area contributed by atoms with Crippen LogP contribution in [-0.4, -0.2) is 67.7 Å². The maximum Gasteiger partial charge on any atom is 0.340 e. The highest BCUT2D eigenvalue weighted by atomic mass is 79.9. The second-order valence-corrected chi connectivity index (χ2v) is 11.3. The molecule has 0 amide bonds. The zero-order valence-electron chi connectivity index (χ0n) is 21.9. The number of aromatic hydroxyl groups is 1. The Bertz CT molecular complexity index is 1330. The van der Waals surface area contributed by atoms with Gasteiger partial charge < -0.3 is 28.6 Å². The molecule has 1 N–H and O–H groups in total. The lowest BCUT2D eigenvalue weighted by atomic mass is 10.0. The second kappa shape index (κ2) is 11.8. The normalized spacial score (nSPS) is 16.1. The van der Waals surface area contributed by atoms with Crippen molar-refractivity contribution >= 4 is 44.6 Å². The van der Waals surface area contributed by atoms with E-state index >= 15 is 0 Å². The van der Waals surface area contributed by atoms with Gasteiger partial charge in [-0.15, -0.1) is 11.8 Å². The summed E-state index contributed by atoms with van der Waals surface area (Å²) in [5, 5.41) is 12.0. The molecular formula is C28H33BrN2O6S. The highest BCUT2D eigenvalue weighted by Crippen LogP contribution is 2.47. The zero-order chi connectivity index (χ0) is 26.8. The fourth-order valence-corrected chi connectivity index (χ4v) is 6.46. The first-order chi connectivity index (χ1) is 18.5. The number of ether oxygens (including phenoxy) is 4. The van der Waals surface area contributed by atoms with E-state index in [0.29, 0.717) is 53.1 Å². The van der Waals surface area contributed by atoms with Crippen LogP contribution in [0.4, 0.5) is 0 Å². The molecule has 8 nitrogen and oxygen atoms in total. The van der Waals surface area contributed by atoms with E-state index in [1.807, 2.05) is 31.2 Å². The van der Waals surface area contributed by atoms with Crippen LogP contribution in [0.2, 0.25) is 0 Å². The number of halogens is 1. The smallest absolute Gasteiger partial charge is 0.340 e. The van der Waals surface area contributed by atoms with Gasteiger partial charge in [0.25, 0.3) is 0 Å². The van der Waals surface area contributed by atoms with E-state index < -0.39 is 0 Å². The number of aromatic nitrogens is 1. The van der Waals surface area contributed by atoms with Gasteiger partial charge in [-0.3, -0.25) is 4.90 Å². The number of rotatable bonds is 10. The minimum atomic E-state index is -0.357. The van der Waals surface area contributed by atoms with Crippen molar-refractivity contribution in [3.05, 3.63) is 45.6 Å². The van der Waals surface area contributed by atoms with Crippen LogP contribution in [0.15, 0.2) is 33.6 Å². The summed E-state index contributed by atoms with van der Waals surface area (Å²) in [6, 6.07) is 8.09. The molecule has 2 aromatic carbocycles. The predicted octanol–water partition coefficient (Wildman–Crippen LogP) is 5.76. The molecule has 1 aliphatic heterocycles. The predicted molar refractivity (Wildman–Crippen MR) is 151 cm³/mol. The second-order valence-electron chi connectivity index (χ2n) is 9.42. The number of fused-ring (bicyclic) bond motifs is 1. The van der Waals surface area contributed by atoms with E-state index in [1.165, 1.54) is 0 Å². The fraction of sp³-hybridized carbons (Fsp3) is 0.464. The Morgan fingerprint density at radius 2 is 1.89 bits per heavy atom. The Labute approximate surface area is 235 Å². The number of carbonyl (C=O) groups is 1. The summed E-state index contributed by atoms with van der Waals surface area (Å²) in [5.74, 6) is 1.70. The number of nitrogens with zero attached hydrogens (tertiary/aromatic N) is 2. The van der Waals surface area contributed by atoms with Crippen LogP contribution in [0.3, 0.4) is 0 Å². The van der Waals surface area contributed by atoms with Gasteiger partial charge in [-0.25, -0.2) is 4.79 Å². The number of phenols is 1. The van der Waals surface area contributed by atoms with Gasteiger partial charge in [0.05, 0.1) is 49.6 Å². The number of phenolic OH excluding ortho intramolecular Hbond substituents is 1. The maximum absolute atomic E-state index is 13.6. The van der Waals surface area contributed by atoms with Crippen molar-refractivity contribution in [2.75, 3.05) is 47.1 Å². The summed E-state index contributed by atoms with van der Waals surface area (Å²) < 4.78 is 24.9. The lowest BCUT2D eigenvalue weighted by Crippen LogP contribution is -2.35. The number of esters is 1. The summed E-state index contributed by atoms with van der Waals surface area (Å²) in [4.78, 5) is 16.8. The van der Waals surface area contributed by atoms with Gasteiger partial charge >= 0.3 is 5.97 Å². The molecule has 1 aliphatic carbocycles. The first-order valence-corrected chi connectivity index (χ1v) is 14.6. The molecule has 204 valence electrons. The summed E-state index contributed by atoms with van der Waals surface area (Å²) >= 11 is 5.22. The molecule has 5 rings (SSSR count). The fourth-order valence-electron chi connectivity index (χ4n) is 5.07. The highest BCUT2D eigenvalue weighted by molar-refractivity contribution is 9.10. The molecule has 0 atom stereocenters. The Morgan fingerprint density at radius 3 is 2.55 bits per heavy atom. The summed E-state index contributed by atoms with van der Waals surface area (Å²) in [6.45, 7) is 5.46. The molecule has 10 heteroatoms. The molecule has 2 fully saturated rings. The quantitative estimate of drug-likeness (QED) is 0.231. The van der Waals surface area contributed by atoms with E-state index in [1.54, 1.807) is 26.0 Å². The number of thioether (sulfide) groups is 1. The van der Waals surface area contributed by atoms with Crippen molar-refractivity contribution in [2.24, 2.45) is 0 Å². The van der Waals surface area contributed by atoms with Crippen molar-refractivity contribution < 1.29 is 28.8 Å². The molecule has 1 saturated heterocycles. The van der Waals surface area contributed by atoms with Crippen molar-refractivity contribution in [3.8, 4) is 17.2 Å². The molecule has 1 saturated carbocycles. The minimum Gasteiger partial charge on any atom is -0.506 e. The Kier molecular flexibility index (Phi) is 8.42. The minimum absolute atomic E-state index is 0.168. The Hall–Kier alpha value is -2.40. The lowest BCUT2D eigenvalue weighted by molar-refractivity contribution is 0.0340. The molecule has 2 heterocycles. The average molecular weight is 606 g/mol. The molecule has 2 aliphatic rings.